The summed E-state index contributed by atoms with van der Waals surface area (Å²) in [4.78, 5) is 2.15. The van der Waals surface area contributed by atoms with E-state index in [1.807, 2.05) is 12.1 Å². The van der Waals surface area contributed by atoms with Crippen LogP contribution in [-0.2, 0) is 0 Å². The number of nitrogens with two attached hydrogens (primary N) is 1. The molecule has 0 saturated carbocycles. The van der Waals surface area contributed by atoms with Gasteiger partial charge in [0.05, 0.1) is 11.6 Å². The Balaban J connectivity index is 3.09. The fourth-order valence-corrected chi connectivity index (χ4v) is 2.54. The van der Waals surface area contributed by atoms with Crippen LogP contribution < -0.4 is 10.6 Å². The first-order valence-corrected chi connectivity index (χ1v) is 6.94. The summed E-state index contributed by atoms with van der Waals surface area (Å²) in [7, 11) is 0. The van der Waals surface area contributed by atoms with E-state index in [-0.39, 0.29) is 12.4 Å². The zero-order valence-electron chi connectivity index (χ0n) is 11.5. The highest BCUT2D eigenvalue weighted by molar-refractivity contribution is 6.34. The number of hydrogen-bond donors (Lipinski definition) is 3. The van der Waals surface area contributed by atoms with Crippen molar-refractivity contribution in [2.45, 2.75) is 32.7 Å². The molecule has 0 unspecified atom stereocenters. The molecule has 0 radical (unpaired) electrons. The molecule has 19 heavy (non-hydrogen) atoms. The first-order valence-electron chi connectivity index (χ1n) is 6.56. The standard InChI is InChI=1S/C14H22ClN3O/c1-3-10(4-2)18(7-8-19)11-5-6-12(14(16)17)13(15)9-11/h5-6,9-10,19H,3-4,7-8H2,1-2H3,(H3,16,17). The van der Waals surface area contributed by atoms with E-state index in [4.69, 9.17) is 22.7 Å². The van der Waals surface area contributed by atoms with Crippen LogP contribution in [0.25, 0.3) is 0 Å². The van der Waals surface area contributed by atoms with Gasteiger partial charge in [-0.1, -0.05) is 25.4 Å². The Hall–Kier alpha value is -1.26. The van der Waals surface area contributed by atoms with Crippen molar-refractivity contribution in [3.05, 3.63) is 28.8 Å². The Morgan fingerprint density at radius 1 is 1.42 bits per heavy atom. The van der Waals surface area contributed by atoms with Crippen LogP contribution in [-0.4, -0.2) is 30.1 Å². The van der Waals surface area contributed by atoms with Crippen LogP contribution in [0.4, 0.5) is 5.69 Å². The number of hydrogen-bond acceptors (Lipinski definition) is 3. The fraction of sp³-hybridized carbons (Fsp3) is 0.500. The van der Waals surface area contributed by atoms with Crippen molar-refractivity contribution in [1.82, 2.24) is 0 Å². The highest BCUT2D eigenvalue weighted by Gasteiger charge is 2.16. The molecule has 0 bridgehead atoms. The van der Waals surface area contributed by atoms with Crippen LogP contribution in [0.15, 0.2) is 18.2 Å². The normalized spacial score (nSPS) is 10.8. The molecule has 0 aromatic heterocycles. The second-order valence-corrected chi connectivity index (χ2v) is 4.87. The lowest BCUT2D eigenvalue weighted by Crippen LogP contribution is -2.36. The van der Waals surface area contributed by atoms with Gasteiger partial charge < -0.3 is 15.7 Å². The molecule has 1 rings (SSSR count). The van der Waals surface area contributed by atoms with Gasteiger partial charge in [0.2, 0.25) is 0 Å². The Bertz CT molecular complexity index is 433. The first kappa shape index (κ1) is 15.8. The molecule has 4 N–H and O–H groups in total. The largest absolute Gasteiger partial charge is 0.395 e. The summed E-state index contributed by atoms with van der Waals surface area (Å²) in [6.45, 7) is 4.93. The van der Waals surface area contributed by atoms with E-state index in [1.165, 1.54) is 0 Å². The van der Waals surface area contributed by atoms with Crippen molar-refractivity contribution >= 4 is 23.1 Å². The van der Waals surface area contributed by atoms with Crippen LogP contribution in [0.2, 0.25) is 5.02 Å². The van der Waals surface area contributed by atoms with E-state index in [0.29, 0.717) is 23.2 Å². The van der Waals surface area contributed by atoms with Crippen molar-refractivity contribution in [3.8, 4) is 0 Å². The Labute approximate surface area is 119 Å². The van der Waals surface area contributed by atoms with Crippen LogP contribution in [0.3, 0.4) is 0 Å². The highest BCUT2D eigenvalue weighted by atomic mass is 35.5. The highest BCUT2D eigenvalue weighted by Crippen LogP contribution is 2.26. The number of amidine groups is 1. The van der Waals surface area contributed by atoms with Gasteiger partial charge in [-0.15, -0.1) is 0 Å². The molecule has 0 fully saturated rings. The van der Waals surface area contributed by atoms with Gasteiger partial charge in [-0.3, -0.25) is 5.41 Å². The van der Waals surface area contributed by atoms with Crippen molar-refractivity contribution in [2.75, 3.05) is 18.1 Å². The zero-order valence-corrected chi connectivity index (χ0v) is 12.2. The smallest absolute Gasteiger partial charge is 0.124 e. The summed E-state index contributed by atoms with van der Waals surface area (Å²) in [6, 6.07) is 5.83. The number of halogens is 1. The lowest BCUT2D eigenvalue weighted by molar-refractivity contribution is 0.296. The fourth-order valence-electron chi connectivity index (χ4n) is 2.26. The van der Waals surface area contributed by atoms with Gasteiger partial charge in [-0.25, -0.2) is 0 Å². The number of anilines is 1. The lowest BCUT2D eigenvalue weighted by atomic mass is 10.1. The molecule has 106 valence electrons. The summed E-state index contributed by atoms with van der Waals surface area (Å²) in [5, 5.41) is 17.1. The summed E-state index contributed by atoms with van der Waals surface area (Å²) >= 11 is 6.15. The number of aliphatic hydroxyl groups is 1. The number of aliphatic hydroxyl groups excluding tert-OH is 1. The predicted octanol–water partition coefficient (Wildman–Crippen LogP) is 2.61. The molecule has 1 aromatic carbocycles. The third kappa shape index (κ3) is 3.85. The SMILES string of the molecule is CCC(CC)N(CCO)c1ccc(C(=N)N)c(Cl)c1. The van der Waals surface area contributed by atoms with E-state index in [9.17, 15) is 5.11 Å². The van der Waals surface area contributed by atoms with Gasteiger partial charge in [0, 0.05) is 23.8 Å². The minimum absolute atomic E-state index is 0.0345. The summed E-state index contributed by atoms with van der Waals surface area (Å²) in [5.74, 6) is -0.0345. The average molecular weight is 284 g/mol. The minimum Gasteiger partial charge on any atom is -0.395 e. The van der Waals surface area contributed by atoms with Crippen molar-refractivity contribution < 1.29 is 5.11 Å². The quantitative estimate of drug-likeness (QED) is 0.532. The van der Waals surface area contributed by atoms with Gasteiger partial charge in [0.15, 0.2) is 0 Å². The second-order valence-electron chi connectivity index (χ2n) is 4.47. The maximum absolute atomic E-state index is 9.22. The van der Waals surface area contributed by atoms with Crippen LogP contribution in [0, 0.1) is 5.41 Å². The molecule has 4 nitrogen and oxygen atoms in total. The number of benzene rings is 1. The first-order chi connectivity index (χ1) is 9.04. The molecule has 0 aliphatic carbocycles. The molecule has 0 saturated heterocycles. The maximum Gasteiger partial charge on any atom is 0.124 e. The topological polar surface area (TPSA) is 73.3 Å². The van der Waals surface area contributed by atoms with E-state index in [2.05, 4.69) is 18.7 Å². The molecule has 0 heterocycles. The Morgan fingerprint density at radius 3 is 2.47 bits per heavy atom. The van der Waals surface area contributed by atoms with Gasteiger partial charge in [-0.2, -0.15) is 0 Å². The molecule has 0 spiro atoms. The number of rotatable bonds is 7. The van der Waals surface area contributed by atoms with E-state index >= 15 is 0 Å². The van der Waals surface area contributed by atoms with Gasteiger partial charge in [-0.05, 0) is 31.0 Å². The Morgan fingerprint density at radius 2 is 2.05 bits per heavy atom. The van der Waals surface area contributed by atoms with E-state index < -0.39 is 0 Å². The van der Waals surface area contributed by atoms with Gasteiger partial charge in [0.1, 0.15) is 5.84 Å². The molecule has 0 atom stereocenters. The lowest BCUT2D eigenvalue weighted by Gasteiger charge is -2.32. The monoisotopic (exact) mass is 283 g/mol. The van der Waals surface area contributed by atoms with Crippen LogP contribution in [0.1, 0.15) is 32.3 Å². The van der Waals surface area contributed by atoms with Crippen molar-refractivity contribution in [2.24, 2.45) is 5.73 Å². The average Bonchev–Trinajstić information content (AvgIpc) is 2.38. The summed E-state index contributed by atoms with van der Waals surface area (Å²) in [5.41, 5.74) is 6.95. The molecule has 0 aliphatic rings. The van der Waals surface area contributed by atoms with Gasteiger partial charge >= 0.3 is 0 Å². The van der Waals surface area contributed by atoms with Crippen molar-refractivity contribution in [1.29, 1.82) is 5.41 Å². The minimum atomic E-state index is -0.0345. The molecule has 1 aromatic rings. The predicted molar refractivity (Wildman–Crippen MR) is 81.3 cm³/mol. The maximum atomic E-state index is 9.22. The number of nitrogen functional groups attached to an aromatic ring is 1. The number of nitrogens with one attached hydrogen (secondary N) is 1. The van der Waals surface area contributed by atoms with Gasteiger partial charge in [0.25, 0.3) is 0 Å². The zero-order chi connectivity index (χ0) is 14.4. The molecular weight excluding hydrogens is 262 g/mol. The third-order valence-electron chi connectivity index (χ3n) is 3.30. The number of nitrogens with zero attached hydrogens (tertiary/aromatic N) is 1. The molecule has 0 amide bonds. The third-order valence-corrected chi connectivity index (χ3v) is 3.61. The van der Waals surface area contributed by atoms with Crippen molar-refractivity contribution in [3.63, 3.8) is 0 Å². The Kier molecular flexibility index (Phi) is 6.12. The van der Waals surface area contributed by atoms with Crippen LogP contribution >= 0.6 is 11.6 Å². The van der Waals surface area contributed by atoms with E-state index in [1.54, 1.807) is 6.07 Å². The summed E-state index contributed by atoms with van der Waals surface area (Å²) < 4.78 is 0. The van der Waals surface area contributed by atoms with E-state index in [0.717, 1.165) is 18.5 Å². The second kappa shape index (κ2) is 7.36. The molecular formula is C14H22ClN3O. The van der Waals surface area contributed by atoms with Crippen LogP contribution in [0.5, 0.6) is 0 Å². The molecule has 5 heteroatoms. The summed E-state index contributed by atoms with van der Waals surface area (Å²) in [6.07, 6.45) is 2.01. The molecule has 0 aliphatic heterocycles.